The summed E-state index contributed by atoms with van der Waals surface area (Å²) in [5.74, 6) is 0.632. The zero-order valence-electron chi connectivity index (χ0n) is 16.0. The highest BCUT2D eigenvalue weighted by Crippen LogP contribution is 2.18. The molecule has 27 heavy (non-hydrogen) atoms. The highest BCUT2D eigenvalue weighted by molar-refractivity contribution is 5.47. The molecule has 0 unspecified atom stereocenters. The van der Waals surface area contributed by atoms with Crippen LogP contribution in [0.15, 0.2) is 48.5 Å². The molecule has 2 aromatic rings. The van der Waals surface area contributed by atoms with Gasteiger partial charge >= 0.3 is 0 Å². The molecule has 1 aliphatic heterocycles. The number of aryl methyl sites for hydroxylation is 1. The predicted molar refractivity (Wildman–Crippen MR) is 106 cm³/mol. The Kier molecular flexibility index (Phi) is 7.07. The van der Waals surface area contributed by atoms with Crippen molar-refractivity contribution in [3.05, 3.63) is 59.9 Å². The van der Waals surface area contributed by atoms with Crippen LogP contribution in [0.25, 0.3) is 0 Å². The third-order valence-electron chi connectivity index (χ3n) is 5.09. The topological polar surface area (TPSA) is 37.1 Å². The van der Waals surface area contributed by atoms with Gasteiger partial charge in [-0.05, 0) is 36.2 Å². The van der Waals surface area contributed by atoms with Gasteiger partial charge in [-0.25, -0.2) is 4.39 Å². The molecule has 5 heteroatoms. The Hall–Kier alpha value is -2.11. The second-order valence-electron chi connectivity index (χ2n) is 7.25. The molecule has 0 bridgehead atoms. The molecule has 4 nitrogen and oxygen atoms in total. The number of anilines is 1. The smallest absolute Gasteiger partial charge is 0.146 e. The molecule has 0 aromatic heterocycles. The van der Waals surface area contributed by atoms with E-state index in [9.17, 15) is 9.50 Å². The second-order valence-corrected chi connectivity index (χ2v) is 7.25. The number of nitrogens with zero attached hydrogens (tertiary/aromatic N) is 1. The number of benzene rings is 2. The first-order valence-electron chi connectivity index (χ1n) is 9.88. The second kappa shape index (κ2) is 9.72. The van der Waals surface area contributed by atoms with Gasteiger partial charge < -0.3 is 19.6 Å². The molecule has 1 atom stereocenters. The van der Waals surface area contributed by atoms with E-state index >= 15 is 0 Å². The van der Waals surface area contributed by atoms with E-state index in [1.54, 1.807) is 6.07 Å². The first-order valence-corrected chi connectivity index (χ1v) is 9.88. The molecule has 2 aromatic carbocycles. The third-order valence-corrected chi connectivity index (χ3v) is 5.09. The maximum atomic E-state index is 13.9. The molecule has 146 valence electrons. The lowest BCUT2D eigenvalue weighted by molar-refractivity contribution is -0.903. The van der Waals surface area contributed by atoms with Crippen molar-refractivity contribution in [3.8, 4) is 5.75 Å². The molecule has 3 rings (SSSR count). The van der Waals surface area contributed by atoms with E-state index in [1.807, 2.05) is 24.3 Å². The number of nitrogens with one attached hydrogen (secondary N) is 1. The van der Waals surface area contributed by atoms with Crippen molar-refractivity contribution >= 4 is 5.69 Å². The van der Waals surface area contributed by atoms with Crippen LogP contribution in [-0.4, -0.2) is 50.5 Å². The largest absolute Gasteiger partial charge is 0.491 e. The summed E-state index contributed by atoms with van der Waals surface area (Å²) in [7, 11) is 0. The van der Waals surface area contributed by atoms with E-state index in [2.05, 4.69) is 24.0 Å². The van der Waals surface area contributed by atoms with Crippen LogP contribution in [0, 0.1) is 5.82 Å². The molecule has 1 aliphatic rings. The van der Waals surface area contributed by atoms with Crippen molar-refractivity contribution in [1.29, 1.82) is 0 Å². The molecule has 0 amide bonds. The van der Waals surface area contributed by atoms with E-state index in [-0.39, 0.29) is 5.82 Å². The molecule has 0 radical (unpaired) electrons. The monoisotopic (exact) mass is 373 g/mol. The summed E-state index contributed by atoms with van der Waals surface area (Å²) in [5.41, 5.74) is 1.98. The zero-order valence-corrected chi connectivity index (χ0v) is 16.0. The first kappa shape index (κ1) is 19.6. The van der Waals surface area contributed by atoms with Gasteiger partial charge in [-0.3, -0.25) is 0 Å². The lowest BCUT2D eigenvalue weighted by atomic mass is 10.1. The Morgan fingerprint density at radius 2 is 1.81 bits per heavy atom. The van der Waals surface area contributed by atoms with Crippen molar-refractivity contribution in [2.75, 3.05) is 44.2 Å². The summed E-state index contributed by atoms with van der Waals surface area (Å²) < 4.78 is 19.6. The number of piperazine rings is 1. The number of para-hydroxylation sites is 1. The number of halogens is 1. The molecule has 1 heterocycles. The molecule has 0 spiro atoms. The fourth-order valence-electron chi connectivity index (χ4n) is 3.60. The van der Waals surface area contributed by atoms with Gasteiger partial charge in [0.05, 0.1) is 31.9 Å². The Bertz CT molecular complexity index is 700. The van der Waals surface area contributed by atoms with Crippen molar-refractivity contribution in [3.63, 3.8) is 0 Å². The van der Waals surface area contributed by atoms with Gasteiger partial charge in [-0.15, -0.1) is 0 Å². The average molecular weight is 373 g/mol. The molecular weight excluding hydrogens is 343 g/mol. The van der Waals surface area contributed by atoms with Crippen LogP contribution in [0.4, 0.5) is 10.1 Å². The minimum atomic E-state index is -0.504. The fourth-order valence-corrected chi connectivity index (χ4v) is 3.60. The van der Waals surface area contributed by atoms with Crippen molar-refractivity contribution in [1.82, 2.24) is 0 Å². The van der Waals surface area contributed by atoms with Crippen LogP contribution >= 0.6 is 0 Å². The zero-order chi connectivity index (χ0) is 19.1. The Morgan fingerprint density at radius 1 is 1.11 bits per heavy atom. The Balaban J connectivity index is 1.40. The van der Waals surface area contributed by atoms with Gasteiger partial charge in [-0.2, -0.15) is 0 Å². The molecular formula is C22H30FN2O2+. The van der Waals surface area contributed by atoms with Crippen LogP contribution < -0.4 is 14.5 Å². The minimum Gasteiger partial charge on any atom is -0.491 e. The summed E-state index contributed by atoms with van der Waals surface area (Å²) in [4.78, 5) is 3.41. The van der Waals surface area contributed by atoms with Gasteiger partial charge in [0, 0.05) is 0 Å². The van der Waals surface area contributed by atoms with Gasteiger partial charge in [0.15, 0.2) is 0 Å². The SMILES string of the molecule is CCCc1ccc(OC[C@@H](O)C[NH+]2CCN(c3ccccc3F)CC2)cc1. The number of hydrogen-bond acceptors (Lipinski definition) is 3. The van der Waals surface area contributed by atoms with E-state index in [4.69, 9.17) is 4.74 Å². The van der Waals surface area contributed by atoms with Crippen LogP contribution in [0.5, 0.6) is 5.75 Å². The van der Waals surface area contributed by atoms with Crippen LogP contribution in [0.3, 0.4) is 0 Å². The summed E-state index contributed by atoms with van der Waals surface area (Å²) >= 11 is 0. The van der Waals surface area contributed by atoms with Crippen molar-refractivity contribution < 1.29 is 19.1 Å². The highest BCUT2D eigenvalue weighted by atomic mass is 19.1. The average Bonchev–Trinajstić information content (AvgIpc) is 2.69. The number of aliphatic hydroxyl groups is 1. The van der Waals surface area contributed by atoms with Gasteiger partial charge in [0.2, 0.25) is 0 Å². The van der Waals surface area contributed by atoms with Gasteiger partial charge in [0.25, 0.3) is 0 Å². The van der Waals surface area contributed by atoms with Crippen molar-refractivity contribution in [2.24, 2.45) is 0 Å². The number of rotatable bonds is 8. The lowest BCUT2D eigenvalue weighted by Crippen LogP contribution is -3.16. The van der Waals surface area contributed by atoms with E-state index in [1.165, 1.54) is 16.5 Å². The number of ether oxygens (including phenoxy) is 1. The number of hydrogen-bond donors (Lipinski definition) is 2. The number of aliphatic hydroxyl groups excluding tert-OH is 1. The summed E-state index contributed by atoms with van der Waals surface area (Å²) in [6, 6.07) is 15.0. The minimum absolute atomic E-state index is 0.167. The van der Waals surface area contributed by atoms with Crippen molar-refractivity contribution in [2.45, 2.75) is 25.9 Å². The molecule has 2 N–H and O–H groups in total. The normalized spacial score (nSPS) is 16.3. The van der Waals surface area contributed by atoms with Gasteiger partial charge in [-0.1, -0.05) is 37.6 Å². The summed E-state index contributed by atoms with van der Waals surface area (Å²) in [5, 5.41) is 10.3. The fraction of sp³-hybridized carbons (Fsp3) is 0.455. The Labute approximate surface area is 161 Å². The number of quaternary nitrogens is 1. The quantitative estimate of drug-likeness (QED) is 0.742. The summed E-state index contributed by atoms with van der Waals surface area (Å²) in [6.45, 7) is 6.48. The lowest BCUT2D eigenvalue weighted by Gasteiger charge is -2.34. The predicted octanol–water partition coefficient (Wildman–Crippen LogP) is 1.92. The maximum Gasteiger partial charge on any atom is 0.146 e. The Morgan fingerprint density at radius 3 is 2.48 bits per heavy atom. The van der Waals surface area contributed by atoms with E-state index in [0.29, 0.717) is 18.8 Å². The molecule has 1 fully saturated rings. The highest BCUT2D eigenvalue weighted by Gasteiger charge is 2.24. The maximum absolute atomic E-state index is 13.9. The van der Waals surface area contributed by atoms with Crippen LogP contribution in [0.2, 0.25) is 0 Å². The van der Waals surface area contributed by atoms with Crippen LogP contribution in [-0.2, 0) is 6.42 Å². The first-order chi connectivity index (χ1) is 13.2. The molecule has 1 saturated heterocycles. The van der Waals surface area contributed by atoms with Crippen LogP contribution in [0.1, 0.15) is 18.9 Å². The van der Waals surface area contributed by atoms with Gasteiger partial charge in [0.1, 0.15) is 30.8 Å². The van der Waals surface area contributed by atoms with E-state index in [0.717, 1.165) is 44.8 Å². The standard InChI is InChI=1S/C22H29FN2O2/c1-2-5-18-8-10-20(11-9-18)27-17-19(26)16-24-12-14-25(15-13-24)22-7-4-3-6-21(22)23/h3-4,6-11,19,26H,2,5,12-17H2,1H3/p+1/t19-/m0/s1. The molecule has 0 aliphatic carbocycles. The summed E-state index contributed by atoms with van der Waals surface area (Å²) in [6.07, 6.45) is 1.70. The molecule has 0 saturated carbocycles. The van der Waals surface area contributed by atoms with E-state index < -0.39 is 6.10 Å². The third kappa shape index (κ3) is 5.68.